The van der Waals surface area contributed by atoms with Crippen molar-refractivity contribution in [2.24, 2.45) is 5.41 Å². The number of fused-ring (bicyclic) bond motifs is 1. The molecular weight excluding hydrogens is 890 g/mol. The Hall–Kier alpha value is -4.78. The van der Waals surface area contributed by atoms with Crippen LogP contribution in [0, 0.1) is 5.41 Å². The van der Waals surface area contributed by atoms with E-state index in [-0.39, 0.29) is 24.8 Å². The minimum atomic E-state index is -3.66. The normalized spacial score (nSPS) is 21.1. The van der Waals surface area contributed by atoms with Gasteiger partial charge in [0.1, 0.15) is 41.4 Å². The summed E-state index contributed by atoms with van der Waals surface area (Å²) in [5, 5.41) is 25.1. The van der Waals surface area contributed by atoms with Crippen LogP contribution in [0.15, 0.2) is 29.6 Å². The van der Waals surface area contributed by atoms with Crippen LogP contribution in [0.5, 0.6) is 11.5 Å². The van der Waals surface area contributed by atoms with Gasteiger partial charge in [0.15, 0.2) is 15.0 Å². The fourth-order valence-electron chi connectivity index (χ4n) is 9.48. The molecule has 2 aliphatic carbocycles. The number of benzene rings is 1. The first-order valence-corrected chi connectivity index (χ1v) is 25.7. The summed E-state index contributed by atoms with van der Waals surface area (Å²) in [4.78, 5) is 67.3. The van der Waals surface area contributed by atoms with Crippen LogP contribution in [0.25, 0.3) is 22.3 Å². The molecule has 5 N–H and O–H groups in total. The number of amides is 4. The summed E-state index contributed by atoms with van der Waals surface area (Å²) in [5.41, 5.74) is -0.160. The van der Waals surface area contributed by atoms with Gasteiger partial charge >= 0.3 is 12.0 Å². The number of halogens is 1. The Balaban J connectivity index is 1.36. The molecule has 5 atom stereocenters. The van der Waals surface area contributed by atoms with Crippen LogP contribution >= 0.6 is 11.3 Å². The first-order chi connectivity index (χ1) is 31.0. The number of urea groups is 1. The Morgan fingerprint density at radius 2 is 1.64 bits per heavy atom. The molecule has 0 radical (unpaired) electrons. The highest BCUT2D eigenvalue weighted by Crippen LogP contribution is 2.42. The fourth-order valence-corrected chi connectivity index (χ4v) is 11.8. The molecule has 66 heavy (non-hydrogen) atoms. The highest BCUT2D eigenvalue weighted by Gasteiger charge is 2.50. The van der Waals surface area contributed by atoms with Gasteiger partial charge in [0.2, 0.25) is 11.8 Å². The molecule has 16 nitrogen and oxygen atoms in total. The predicted octanol–water partition coefficient (Wildman–Crippen LogP) is 7.41. The summed E-state index contributed by atoms with van der Waals surface area (Å²) in [7, 11) is -2.11. The van der Waals surface area contributed by atoms with Crippen LogP contribution in [0.4, 0.5) is 14.3 Å². The third kappa shape index (κ3) is 12.0. The number of aromatic nitrogens is 2. The molecule has 1 unspecified atom stereocenters. The molecule has 3 heterocycles. The van der Waals surface area contributed by atoms with Crippen LogP contribution < -0.4 is 30.7 Å². The van der Waals surface area contributed by atoms with Gasteiger partial charge in [0.05, 0.1) is 47.1 Å². The smallest absolute Gasteiger partial charge is 0.326 e. The first kappa shape index (κ1) is 50.6. The second-order valence-electron chi connectivity index (χ2n) is 20.1. The van der Waals surface area contributed by atoms with E-state index in [4.69, 9.17) is 19.4 Å². The fraction of sp³-hybridized carbons (Fsp3) is 0.660. The first-order valence-electron chi connectivity index (χ1n) is 23.2. The third-order valence-corrected chi connectivity index (χ3v) is 16.9. The number of carboxylic acids is 1. The Morgan fingerprint density at radius 3 is 2.24 bits per heavy atom. The number of anilines is 1. The number of carboxylic acid groups (broad SMARTS) is 1. The lowest BCUT2D eigenvalue weighted by atomic mass is 9.70. The SMILES string of the molecule is COc1ccc2c(O[C@@H]3C[C@@H](C(=O)N[C@@H](CC(C)F)C(=O)O)N(C(=O)[C@@H](NC(=O)NC4(CS(=O)(=O)C(C)(C)C)CCCCC4)C4(C)CCCCC4)C3)cc(-c3csc(NC(C)C)n3)nc2c1. The van der Waals surface area contributed by atoms with Gasteiger partial charge in [-0.1, -0.05) is 45.4 Å². The number of hydrogen-bond donors (Lipinski definition) is 5. The Labute approximate surface area is 391 Å². The average Bonchev–Trinajstić information content (AvgIpc) is 3.89. The number of sulfone groups is 1. The van der Waals surface area contributed by atoms with Crippen molar-refractivity contribution < 1.29 is 46.6 Å². The van der Waals surface area contributed by atoms with Crippen molar-refractivity contribution >= 4 is 61.0 Å². The van der Waals surface area contributed by atoms with E-state index in [1.807, 2.05) is 26.2 Å². The maximum Gasteiger partial charge on any atom is 0.326 e. The van der Waals surface area contributed by atoms with Crippen LogP contribution in [0.2, 0.25) is 0 Å². The molecule has 0 bridgehead atoms. The lowest BCUT2D eigenvalue weighted by Gasteiger charge is -2.44. The second-order valence-corrected chi connectivity index (χ2v) is 23.7. The standard InChI is InChI=1S/C47H68FN7O9S2/c1-28(2)49-44-52-36(26-65-44)34-24-38(32-16-15-30(63-8)22-33(32)50-34)64-31-23-37(40(56)51-35(42(58)59)21-29(3)48)55(25-31)41(57)39(46(7)17-11-9-12-18-46)53-43(60)54-47(19-13-10-14-20-47)27-66(61,62)45(4,5)6/h15-16,22,24,26,28-29,31,35,37,39H,9-14,17-21,23,25,27H2,1-8H3,(H,49,52)(H,51,56)(H,58,59)(H2,53,54,60)/t29?,31-,35+,37+,39-/m1/s1. The number of thiazole rings is 1. The maximum absolute atomic E-state index is 15.4. The Kier molecular flexibility index (Phi) is 15.8. The average molecular weight is 958 g/mol. The van der Waals surface area contributed by atoms with E-state index in [9.17, 15) is 32.3 Å². The molecular formula is C47H68FN7O9S2. The molecule has 3 fully saturated rings. The van der Waals surface area contributed by atoms with Crippen molar-refractivity contribution in [3.05, 3.63) is 29.6 Å². The molecule has 364 valence electrons. The topological polar surface area (TPSA) is 218 Å². The summed E-state index contributed by atoms with van der Waals surface area (Å²) < 4.78 is 52.7. The van der Waals surface area contributed by atoms with Crippen molar-refractivity contribution in [1.82, 2.24) is 30.8 Å². The van der Waals surface area contributed by atoms with Crippen LogP contribution in [0.1, 0.15) is 126 Å². The molecule has 19 heteroatoms. The van der Waals surface area contributed by atoms with Gasteiger partial charge in [-0.2, -0.15) is 0 Å². The minimum Gasteiger partial charge on any atom is -0.497 e. The molecule has 6 rings (SSSR count). The van der Waals surface area contributed by atoms with Crippen LogP contribution in [-0.2, 0) is 24.2 Å². The molecule has 1 saturated heterocycles. The number of methoxy groups -OCH3 is 1. The number of rotatable bonds is 17. The van der Waals surface area contributed by atoms with Crippen molar-refractivity contribution in [2.45, 2.75) is 172 Å². The lowest BCUT2D eigenvalue weighted by Crippen LogP contribution is -2.64. The van der Waals surface area contributed by atoms with Crippen LogP contribution in [-0.4, -0.2) is 118 Å². The number of nitrogens with zero attached hydrogens (tertiary/aromatic N) is 3. The number of carbonyl (C=O) groups is 4. The minimum absolute atomic E-state index is 0.0625. The van der Waals surface area contributed by atoms with Gasteiger partial charge in [-0.25, -0.2) is 32.4 Å². The van der Waals surface area contributed by atoms with Gasteiger partial charge in [0, 0.05) is 41.8 Å². The van der Waals surface area contributed by atoms with E-state index in [1.54, 1.807) is 52.1 Å². The molecule has 2 saturated carbocycles. The summed E-state index contributed by atoms with van der Waals surface area (Å²) in [6.07, 6.45) is 4.07. The zero-order valence-electron chi connectivity index (χ0n) is 39.5. The Morgan fingerprint density at radius 1 is 0.970 bits per heavy atom. The maximum atomic E-state index is 15.4. The van der Waals surface area contributed by atoms with Crippen LogP contribution in [0.3, 0.4) is 0 Å². The highest BCUT2D eigenvalue weighted by atomic mass is 32.2. The van der Waals surface area contributed by atoms with E-state index in [0.717, 1.165) is 38.5 Å². The number of nitrogens with one attached hydrogen (secondary N) is 4. The predicted molar refractivity (Wildman–Crippen MR) is 253 cm³/mol. The molecule has 1 aromatic carbocycles. The summed E-state index contributed by atoms with van der Waals surface area (Å²) in [5.74, 6) is -2.08. The number of carbonyl (C=O) groups excluding carboxylic acids is 3. The zero-order valence-corrected chi connectivity index (χ0v) is 41.1. The van der Waals surface area contributed by atoms with E-state index in [0.29, 0.717) is 64.6 Å². The molecule has 2 aromatic heterocycles. The van der Waals surface area contributed by atoms with Gasteiger partial charge in [-0.05, 0) is 84.8 Å². The quantitative estimate of drug-likeness (QED) is 0.0894. The van der Waals surface area contributed by atoms with Crippen molar-refractivity contribution in [1.29, 1.82) is 0 Å². The number of pyridine rings is 1. The Bertz CT molecular complexity index is 2340. The van der Waals surface area contributed by atoms with Gasteiger partial charge in [-0.3, -0.25) is 9.59 Å². The summed E-state index contributed by atoms with van der Waals surface area (Å²) in [6, 6.07) is 2.57. The summed E-state index contributed by atoms with van der Waals surface area (Å²) >= 11 is 1.43. The summed E-state index contributed by atoms with van der Waals surface area (Å²) in [6.45, 7) is 12.0. The largest absolute Gasteiger partial charge is 0.497 e. The zero-order chi connectivity index (χ0) is 48.2. The molecule has 3 aromatic rings. The van der Waals surface area contributed by atoms with Crippen molar-refractivity contribution in [3.8, 4) is 22.9 Å². The lowest BCUT2D eigenvalue weighted by molar-refractivity contribution is -0.145. The van der Waals surface area contributed by atoms with Gasteiger partial charge in [-0.15, -0.1) is 11.3 Å². The molecule has 3 aliphatic rings. The number of aliphatic carboxylic acids is 1. The second kappa shape index (κ2) is 20.6. The van der Waals surface area contributed by atoms with E-state index >= 15 is 4.79 Å². The number of alkyl halides is 1. The van der Waals surface area contributed by atoms with Gasteiger partial charge < -0.3 is 40.7 Å². The van der Waals surface area contributed by atoms with E-state index in [1.165, 1.54) is 23.2 Å². The monoisotopic (exact) mass is 957 g/mol. The van der Waals surface area contributed by atoms with Gasteiger partial charge in [0.25, 0.3) is 0 Å². The van der Waals surface area contributed by atoms with Crippen molar-refractivity contribution in [3.63, 3.8) is 0 Å². The number of likely N-dealkylation sites (tertiary alicyclic amines) is 1. The molecule has 1 aliphatic heterocycles. The number of hydrogen-bond acceptors (Lipinski definition) is 12. The highest BCUT2D eigenvalue weighted by molar-refractivity contribution is 7.92. The van der Waals surface area contributed by atoms with E-state index < -0.39 is 86.2 Å². The third-order valence-electron chi connectivity index (χ3n) is 13.3. The molecule has 0 spiro atoms. The number of ether oxygens (including phenoxy) is 2. The van der Waals surface area contributed by atoms with Crippen molar-refractivity contribution in [2.75, 3.05) is 24.7 Å². The van der Waals surface area contributed by atoms with E-state index in [2.05, 4.69) is 21.3 Å². The molecule has 4 amide bonds.